The number of hydrogen-bond acceptors (Lipinski definition) is 3. The molecule has 8 heteroatoms. The maximum atomic E-state index is 13.9. The molecule has 5 rings (SSSR count). The van der Waals surface area contributed by atoms with Crippen molar-refractivity contribution in [3.05, 3.63) is 95.7 Å². The van der Waals surface area contributed by atoms with Crippen LogP contribution in [0.2, 0.25) is 0 Å². The minimum absolute atomic E-state index is 0.0657. The monoisotopic (exact) mass is 491 g/mol. The Morgan fingerprint density at radius 2 is 1.69 bits per heavy atom. The summed E-state index contributed by atoms with van der Waals surface area (Å²) in [5, 5.41) is 3.61. The second kappa shape index (κ2) is 9.92. The summed E-state index contributed by atoms with van der Waals surface area (Å²) >= 11 is 1.48. The van der Waals surface area contributed by atoms with Crippen molar-refractivity contribution < 1.29 is 18.4 Å². The minimum atomic E-state index is -0.891. The molecule has 0 saturated carbocycles. The highest BCUT2D eigenvalue weighted by molar-refractivity contribution is 8.00. The normalized spacial score (nSPS) is 12.7. The molecule has 0 fully saturated rings. The fourth-order valence-corrected chi connectivity index (χ4v) is 5.39. The molecule has 3 aromatic carbocycles. The van der Waals surface area contributed by atoms with E-state index in [1.165, 1.54) is 23.4 Å². The number of carbonyl (C=O) groups is 2. The Morgan fingerprint density at radius 3 is 2.51 bits per heavy atom. The van der Waals surface area contributed by atoms with E-state index in [1.807, 2.05) is 58.1 Å². The van der Waals surface area contributed by atoms with Crippen molar-refractivity contribution in [2.24, 2.45) is 0 Å². The largest absolute Gasteiger partial charge is 0.350 e. The van der Waals surface area contributed by atoms with Crippen LogP contribution >= 0.6 is 11.8 Å². The van der Waals surface area contributed by atoms with E-state index in [1.54, 1.807) is 0 Å². The number of para-hydroxylation sites is 2. The molecule has 4 aromatic rings. The van der Waals surface area contributed by atoms with Crippen molar-refractivity contribution in [3.63, 3.8) is 0 Å². The van der Waals surface area contributed by atoms with Gasteiger partial charge in [-0.05, 0) is 36.2 Å². The summed E-state index contributed by atoms with van der Waals surface area (Å²) in [4.78, 5) is 28.1. The van der Waals surface area contributed by atoms with E-state index in [4.69, 9.17) is 0 Å². The first-order valence-corrected chi connectivity index (χ1v) is 12.3. The van der Waals surface area contributed by atoms with Crippen molar-refractivity contribution in [2.45, 2.75) is 17.9 Å². The highest BCUT2D eigenvalue weighted by atomic mass is 32.2. The number of nitrogens with zero attached hydrogens (tertiary/aromatic N) is 2. The summed E-state index contributed by atoms with van der Waals surface area (Å²) in [6.45, 7) is 1.30. The zero-order chi connectivity index (χ0) is 24.4. The average molecular weight is 492 g/mol. The molecule has 0 atom stereocenters. The second-order valence-corrected chi connectivity index (χ2v) is 9.29. The smallest absolute Gasteiger partial charge is 0.257 e. The topological polar surface area (TPSA) is 54.3 Å². The number of hydrogen-bond donors (Lipinski definition) is 1. The fraction of sp³-hybridized carbons (Fsp3) is 0.185. The number of benzene rings is 3. The summed E-state index contributed by atoms with van der Waals surface area (Å²) in [6.07, 6.45) is 2.82. The third kappa shape index (κ3) is 4.66. The SMILES string of the molecule is O=C(NCCn1cc(SCC(=O)N2CCc3ccccc32)c2ccccc21)c1c(F)cccc1F. The molecule has 0 saturated heterocycles. The van der Waals surface area contributed by atoms with Crippen LogP contribution in [0.1, 0.15) is 15.9 Å². The van der Waals surface area contributed by atoms with Crippen LogP contribution in [0.5, 0.6) is 0 Å². The van der Waals surface area contributed by atoms with Gasteiger partial charge in [0.15, 0.2) is 0 Å². The summed E-state index contributed by atoms with van der Waals surface area (Å²) in [6, 6.07) is 19.2. The first-order chi connectivity index (χ1) is 17.0. The van der Waals surface area contributed by atoms with Gasteiger partial charge in [0, 0.05) is 47.3 Å². The second-order valence-electron chi connectivity index (χ2n) is 8.27. The molecule has 1 N–H and O–H groups in total. The van der Waals surface area contributed by atoms with Crippen molar-refractivity contribution in [3.8, 4) is 0 Å². The number of fused-ring (bicyclic) bond motifs is 2. The van der Waals surface area contributed by atoms with Crippen LogP contribution in [0.3, 0.4) is 0 Å². The highest BCUT2D eigenvalue weighted by Crippen LogP contribution is 2.32. The van der Waals surface area contributed by atoms with E-state index in [9.17, 15) is 18.4 Å². The summed E-state index contributed by atoms with van der Waals surface area (Å²) in [5.41, 5.74) is 2.56. The van der Waals surface area contributed by atoms with E-state index in [2.05, 4.69) is 11.4 Å². The summed E-state index contributed by atoms with van der Waals surface area (Å²) in [5.74, 6) is -2.19. The first kappa shape index (κ1) is 23.1. The van der Waals surface area contributed by atoms with Gasteiger partial charge in [0.25, 0.3) is 5.91 Å². The number of rotatable bonds is 7. The third-order valence-corrected chi connectivity index (χ3v) is 7.15. The van der Waals surface area contributed by atoms with E-state index in [-0.39, 0.29) is 12.5 Å². The van der Waals surface area contributed by atoms with Crippen LogP contribution in [0.25, 0.3) is 10.9 Å². The number of halogens is 2. The average Bonchev–Trinajstić information content (AvgIpc) is 3.44. The molecule has 5 nitrogen and oxygen atoms in total. The van der Waals surface area contributed by atoms with Crippen LogP contribution < -0.4 is 10.2 Å². The zero-order valence-corrected chi connectivity index (χ0v) is 19.7. The predicted molar refractivity (Wildman–Crippen MR) is 134 cm³/mol. The van der Waals surface area contributed by atoms with E-state index < -0.39 is 23.1 Å². The Kier molecular flexibility index (Phi) is 6.55. The van der Waals surface area contributed by atoms with Gasteiger partial charge in [-0.2, -0.15) is 0 Å². The molecule has 178 valence electrons. The number of thioether (sulfide) groups is 1. The Hall–Kier alpha value is -3.65. The maximum Gasteiger partial charge on any atom is 0.257 e. The van der Waals surface area contributed by atoms with E-state index in [0.717, 1.165) is 40.0 Å². The van der Waals surface area contributed by atoms with Gasteiger partial charge in [-0.25, -0.2) is 8.78 Å². The molecule has 0 bridgehead atoms. The molecule has 0 aliphatic carbocycles. The molecule has 0 unspecified atom stereocenters. The number of aromatic nitrogens is 1. The minimum Gasteiger partial charge on any atom is -0.350 e. The molecule has 1 aromatic heterocycles. The highest BCUT2D eigenvalue weighted by Gasteiger charge is 2.24. The van der Waals surface area contributed by atoms with Crippen LogP contribution in [-0.4, -0.2) is 35.2 Å². The lowest BCUT2D eigenvalue weighted by Gasteiger charge is -2.16. The van der Waals surface area contributed by atoms with Crippen LogP contribution in [-0.2, 0) is 17.8 Å². The number of nitrogens with one attached hydrogen (secondary N) is 1. The van der Waals surface area contributed by atoms with Crippen LogP contribution in [0.4, 0.5) is 14.5 Å². The van der Waals surface area contributed by atoms with E-state index >= 15 is 0 Å². The quantitative estimate of drug-likeness (QED) is 0.369. The van der Waals surface area contributed by atoms with Gasteiger partial charge >= 0.3 is 0 Å². The predicted octanol–water partition coefficient (Wildman–Crippen LogP) is 5.03. The van der Waals surface area contributed by atoms with E-state index in [0.29, 0.717) is 18.8 Å². The van der Waals surface area contributed by atoms with Crippen molar-refractivity contribution >= 4 is 40.2 Å². The van der Waals surface area contributed by atoms with Gasteiger partial charge in [-0.15, -0.1) is 11.8 Å². The van der Waals surface area contributed by atoms with Gasteiger partial charge in [0.05, 0.1) is 5.75 Å². The van der Waals surface area contributed by atoms with Gasteiger partial charge in [-0.1, -0.05) is 42.5 Å². The molecule has 1 aliphatic heterocycles. The van der Waals surface area contributed by atoms with Crippen molar-refractivity contribution in [1.82, 2.24) is 9.88 Å². The van der Waals surface area contributed by atoms with Gasteiger partial charge in [0.1, 0.15) is 17.2 Å². The maximum absolute atomic E-state index is 13.9. The van der Waals surface area contributed by atoms with Gasteiger partial charge < -0.3 is 14.8 Å². The van der Waals surface area contributed by atoms with Gasteiger partial charge in [-0.3, -0.25) is 9.59 Å². The lowest BCUT2D eigenvalue weighted by molar-refractivity contribution is -0.116. The molecule has 2 amide bonds. The molecular formula is C27H23F2N3O2S. The van der Waals surface area contributed by atoms with Crippen molar-refractivity contribution in [1.29, 1.82) is 0 Å². The van der Waals surface area contributed by atoms with Crippen LogP contribution in [0, 0.1) is 11.6 Å². The molecule has 35 heavy (non-hydrogen) atoms. The molecule has 0 spiro atoms. The Morgan fingerprint density at radius 1 is 0.943 bits per heavy atom. The fourth-order valence-electron chi connectivity index (χ4n) is 4.42. The number of carbonyl (C=O) groups excluding carboxylic acids is 2. The molecular weight excluding hydrogens is 468 g/mol. The van der Waals surface area contributed by atoms with Gasteiger partial charge in [0.2, 0.25) is 5.91 Å². The number of anilines is 1. The van der Waals surface area contributed by atoms with Crippen LogP contribution in [0.15, 0.2) is 77.8 Å². The number of amides is 2. The Labute approximate surface area is 205 Å². The summed E-state index contributed by atoms with van der Waals surface area (Å²) < 4.78 is 29.7. The third-order valence-electron chi connectivity index (χ3n) is 6.12. The lowest BCUT2D eigenvalue weighted by atomic mass is 10.2. The van der Waals surface area contributed by atoms with Crippen molar-refractivity contribution in [2.75, 3.05) is 23.7 Å². The standard InChI is InChI=1S/C27H23F2N3O2S/c28-20-8-5-9-21(29)26(20)27(34)30-13-15-31-16-24(19-7-2-4-11-23(19)31)35-17-25(33)32-14-12-18-6-1-3-10-22(18)32/h1-11,16H,12-15,17H2,(H,30,34). The molecule has 2 heterocycles. The lowest BCUT2D eigenvalue weighted by Crippen LogP contribution is -2.30. The first-order valence-electron chi connectivity index (χ1n) is 11.3. The summed E-state index contributed by atoms with van der Waals surface area (Å²) in [7, 11) is 0. The Bertz CT molecular complexity index is 1400. The molecule has 0 radical (unpaired) electrons. The Balaban J connectivity index is 1.26. The molecule has 1 aliphatic rings. The zero-order valence-electron chi connectivity index (χ0n) is 18.8.